The number of sulfonamides is 1. The highest BCUT2D eigenvalue weighted by Crippen LogP contribution is 2.29. The Morgan fingerprint density at radius 3 is 2.57 bits per heavy atom. The first-order chi connectivity index (χ1) is 9.94. The minimum atomic E-state index is -3.85. The molecule has 2 rings (SSSR count). The third-order valence-corrected chi connectivity index (χ3v) is 5.73. The zero-order valence-electron chi connectivity index (χ0n) is 12.3. The average molecular weight is 314 g/mol. The van der Waals surface area contributed by atoms with E-state index < -0.39 is 15.8 Å². The van der Waals surface area contributed by atoms with Gasteiger partial charge in [-0.3, -0.25) is 0 Å². The molecule has 1 aliphatic carbocycles. The van der Waals surface area contributed by atoms with Gasteiger partial charge in [0.15, 0.2) is 0 Å². The fourth-order valence-corrected chi connectivity index (χ4v) is 4.49. The maximum absolute atomic E-state index is 13.8. The van der Waals surface area contributed by atoms with Crippen molar-refractivity contribution in [3.8, 4) is 0 Å². The van der Waals surface area contributed by atoms with Crippen molar-refractivity contribution < 1.29 is 12.8 Å². The van der Waals surface area contributed by atoms with Crippen molar-refractivity contribution >= 4 is 15.7 Å². The second-order valence-electron chi connectivity index (χ2n) is 5.72. The Labute approximate surface area is 126 Å². The number of halogens is 1. The summed E-state index contributed by atoms with van der Waals surface area (Å²) in [5.74, 6) is -0.462. The molecule has 0 aromatic heterocycles. The van der Waals surface area contributed by atoms with Crippen molar-refractivity contribution in [2.75, 3.05) is 5.73 Å². The van der Waals surface area contributed by atoms with Crippen molar-refractivity contribution in [3.63, 3.8) is 0 Å². The van der Waals surface area contributed by atoms with Gasteiger partial charge in [0.2, 0.25) is 10.0 Å². The number of benzene rings is 1. The highest BCUT2D eigenvalue weighted by molar-refractivity contribution is 7.89. The molecule has 0 saturated heterocycles. The lowest BCUT2D eigenvalue weighted by molar-refractivity contribution is 0.285. The third kappa shape index (κ3) is 3.95. The van der Waals surface area contributed by atoms with Crippen molar-refractivity contribution in [2.24, 2.45) is 5.92 Å². The highest BCUT2D eigenvalue weighted by Gasteiger charge is 2.28. The summed E-state index contributed by atoms with van der Waals surface area (Å²) in [7, 11) is -3.85. The van der Waals surface area contributed by atoms with Crippen molar-refractivity contribution in [2.45, 2.75) is 56.4 Å². The van der Waals surface area contributed by atoms with Crippen LogP contribution < -0.4 is 10.5 Å². The Morgan fingerprint density at radius 1 is 1.33 bits per heavy atom. The number of anilines is 1. The molecule has 1 unspecified atom stereocenters. The van der Waals surface area contributed by atoms with E-state index in [1.54, 1.807) is 0 Å². The van der Waals surface area contributed by atoms with E-state index in [4.69, 9.17) is 5.73 Å². The minimum absolute atomic E-state index is 0.132. The van der Waals surface area contributed by atoms with Gasteiger partial charge in [-0.2, -0.15) is 0 Å². The van der Waals surface area contributed by atoms with E-state index in [0.717, 1.165) is 31.7 Å². The Kier molecular flexibility index (Phi) is 5.22. The van der Waals surface area contributed by atoms with E-state index in [1.807, 2.05) is 6.92 Å². The summed E-state index contributed by atoms with van der Waals surface area (Å²) in [5.41, 5.74) is 5.67. The van der Waals surface area contributed by atoms with Crippen LogP contribution in [-0.2, 0) is 10.0 Å². The molecule has 118 valence electrons. The fraction of sp³-hybridized carbons (Fsp3) is 0.600. The predicted molar refractivity (Wildman–Crippen MR) is 81.8 cm³/mol. The zero-order valence-corrected chi connectivity index (χ0v) is 13.1. The van der Waals surface area contributed by atoms with Gasteiger partial charge in [-0.25, -0.2) is 17.5 Å². The van der Waals surface area contributed by atoms with Gasteiger partial charge >= 0.3 is 0 Å². The average Bonchev–Trinajstić information content (AvgIpc) is 2.45. The Hall–Kier alpha value is -1.14. The Balaban J connectivity index is 2.18. The topological polar surface area (TPSA) is 72.2 Å². The lowest BCUT2D eigenvalue weighted by Gasteiger charge is -2.30. The number of nitrogens with one attached hydrogen (secondary N) is 1. The molecule has 0 bridgehead atoms. The van der Waals surface area contributed by atoms with Gasteiger partial charge in [0.25, 0.3) is 0 Å². The largest absolute Gasteiger partial charge is 0.399 e. The molecule has 6 heteroatoms. The number of hydrogen-bond acceptors (Lipinski definition) is 3. The van der Waals surface area contributed by atoms with E-state index in [-0.39, 0.29) is 16.6 Å². The van der Waals surface area contributed by atoms with Crippen molar-refractivity contribution in [1.82, 2.24) is 4.72 Å². The molecule has 1 saturated carbocycles. The molecule has 4 nitrogen and oxygen atoms in total. The van der Waals surface area contributed by atoms with Crippen LogP contribution in [0.2, 0.25) is 0 Å². The lowest BCUT2D eigenvalue weighted by Crippen LogP contribution is -2.40. The molecule has 1 aromatic rings. The standard InChI is InChI=1S/C15H23FN2O2S/c1-2-14(11-6-4-3-5-7-11)18-21(19,20)15-9-8-12(17)10-13(15)16/h8-11,14,18H,2-7,17H2,1H3. The Morgan fingerprint density at radius 2 is 2.00 bits per heavy atom. The van der Waals surface area contributed by atoms with Gasteiger partial charge < -0.3 is 5.73 Å². The van der Waals surface area contributed by atoms with Crippen LogP contribution in [0.1, 0.15) is 45.4 Å². The first kappa shape index (κ1) is 16.2. The van der Waals surface area contributed by atoms with Crippen molar-refractivity contribution in [3.05, 3.63) is 24.0 Å². The normalized spacial score (nSPS) is 18.6. The molecule has 0 amide bonds. The van der Waals surface area contributed by atoms with Gasteiger partial charge in [0.05, 0.1) is 0 Å². The molecule has 3 N–H and O–H groups in total. The van der Waals surface area contributed by atoms with Crippen LogP contribution >= 0.6 is 0 Å². The smallest absolute Gasteiger partial charge is 0.243 e. The van der Waals surface area contributed by atoms with Crippen LogP contribution in [0, 0.1) is 11.7 Å². The van der Waals surface area contributed by atoms with Crippen molar-refractivity contribution in [1.29, 1.82) is 0 Å². The molecule has 1 aromatic carbocycles. The SMILES string of the molecule is CCC(NS(=O)(=O)c1ccc(N)cc1F)C1CCCCC1. The molecule has 1 aliphatic rings. The molecule has 0 heterocycles. The number of hydrogen-bond donors (Lipinski definition) is 2. The quantitative estimate of drug-likeness (QED) is 0.821. The number of nitrogens with two attached hydrogens (primary N) is 1. The van der Waals surface area contributed by atoms with E-state index in [1.165, 1.54) is 18.6 Å². The van der Waals surface area contributed by atoms with Crippen LogP contribution in [-0.4, -0.2) is 14.5 Å². The van der Waals surface area contributed by atoms with Crippen LogP contribution in [0.15, 0.2) is 23.1 Å². The second-order valence-corrected chi connectivity index (χ2v) is 7.41. The second kappa shape index (κ2) is 6.75. The minimum Gasteiger partial charge on any atom is -0.399 e. The van der Waals surface area contributed by atoms with Gasteiger partial charge in [-0.1, -0.05) is 26.2 Å². The van der Waals surface area contributed by atoms with Crippen LogP contribution in [0.4, 0.5) is 10.1 Å². The summed E-state index contributed by atoms with van der Waals surface area (Å²) in [6.07, 6.45) is 6.27. The Bertz CT molecular complexity index is 583. The number of rotatable bonds is 5. The summed E-state index contributed by atoms with van der Waals surface area (Å²) < 4.78 is 41.3. The first-order valence-corrected chi connectivity index (χ1v) is 8.99. The first-order valence-electron chi connectivity index (χ1n) is 7.51. The van der Waals surface area contributed by atoms with E-state index in [0.29, 0.717) is 12.3 Å². The summed E-state index contributed by atoms with van der Waals surface area (Å²) in [6, 6.07) is 3.53. The fourth-order valence-electron chi connectivity index (χ4n) is 3.05. The van der Waals surface area contributed by atoms with Gasteiger partial charge in [-0.05, 0) is 43.4 Å². The lowest BCUT2D eigenvalue weighted by atomic mass is 9.83. The zero-order chi connectivity index (χ0) is 15.5. The van der Waals surface area contributed by atoms with Crippen LogP contribution in [0.5, 0.6) is 0 Å². The van der Waals surface area contributed by atoms with E-state index in [9.17, 15) is 12.8 Å². The van der Waals surface area contributed by atoms with Gasteiger partial charge in [-0.15, -0.1) is 0 Å². The summed E-state index contributed by atoms with van der Waals surface area (Å²) in [6.45, 7) is 1.96. The van der Waals surface area contributed by atoms with Crippen LogP contribution in [0.3, 0.4) is 0 Å². The predicted octanol–water partition coefficient (Wildman–Crippen LogP) is 3.05. The monoisotopic (exact) mass is 314 g/mol. The molecular formula is C15H23FN2O2S. The molecule has 0 radical (unpaired) electrons. The molecule has 1 fully saturated rings. The van der Waals surface area contributed by atoms with Gasteiger partial charge in [0, 0.05) is 11.7 Å². The maximum Gasteiger partial charge on any atom is 0.243 e. The molecular weight excluding hydrogens is 291 g/mol. The van der Waals surface area contributed by atoms with E-state index in [2.05, 4.69) is 4.72 Å². The molecule has 0 aliphatic heterocycles. The summed E-state index contributed by atoms with van der Waals surface area (Å²) in [5, 5.41) is 0. The maximum atomic E-state index is 13.8. The summed E-state index contributed by atoms with van der Waals surface area (Å²) in [4.78, 5) is -0.328. The number of nitrogen functional groups attached to an aromatic ring is 1. The van der Waals surface area contributed by atoms with Gasteiger partial charge in [0.1, 0.15) is 10.7 Å². The molecule has 21 heavy (non-hydrogen) atoms. The summed E-state index contributed by atoms with van der Waals surface area (Å²) >= 11 is 0. The molecule has 1 atom stereocenters. The molecule has 0 spiro atoms. The van der Waals surface area contributed by atoms with E-state index >= 15 is 0 Å². The highest BCUT2D eigenvalue weighted by atomic mass is 32.2. The van der Waals surface area contributed by atoms with Crippen LogP contribution in [0.25, 0.3) is 0 Å². The third-order valence-electron chi connectivity index (χ3n) is 4.21.